The zero-order valence-corrected chi connectivity index (χ0v) is 11.7. The summed E-state index contributed by atoms with van der Waals surface area (Å²) < 4.78 is 11.4. The molecule has 0 aliphatic carbocycles. The van der Waals surface area contributed by atoms with Crippen LogP contribution < -0.4 is 5.32 Å². The van der Waals surface area contributed by atoms with Crippen LogP contribution in [0.4, 0.5) is 0 Å². The predicted octanol–water partition coefficient (Wildman–Crippen LogP) is 2.72. The van der Waals surface area contributed by atoms with Crippen molar-refractivity contribution in [3.8, 4) is 0 Å². The highest BCUT2D eigenvalue weighted by Gasteiger charge is 2.28. The Morgan fingerprint density at radius 1 is 1.41 bits per heavy atom. The molecular weight excluding hydrogens is 214 g/mol. The quantitative estimate of drug-likeness (QED) is 0.743. The lowest BCUT2D eigenvalue weighted by atomic mass is 9.91. The van der Waals surface area contributed by atoms with E-state index in [1.807, 2.05) is 6.26 Å². The van der Waals surface area contributed by atoms with Gasteiger partial charge in [-0.05, 0) is 37.8 Å². The third-order valence-corrected chi connectivity index (χ3v) is 3.13. The zero-order valence-electron chi connectivity index (χ0n) is 11.7. The molecule has 0 spiro atoms. The SMILES string of the molecule is CCNC(C1=COCCC1)C(OCC)C(C)C. The molecule has 0 amide bonds. The van der Waals surface area contributed by atoms with Crippen molar-refractivity contribution in [2.45, 2.75) is 52.7 Å². The molecule has 1 rings (SSSR count). The summed E-state index contributed by atoms with van der Waals surface area (Å²) in [6, 6.07) is 0.292. The lowest BCUT2D eigenvalue weighted by Gasteiger charge is -2.33. The summed E-state index contributed by atoms with van der Waals surface area (Å²) in [6.07, 6.45) is 4.40. The largest absolute Gasteiger partial charge is 0.501 e. The Bertz CT molecular complexity index is 238. The molecule has 3 nitrogen and oxygen atoms in total. The number of hydrogen-bond donors (Lipinski definition) is 1. The molecule has 0 bridgehead atoms. The number of rotatable bonds is 7. The van der Waals surface area contributed by atoms with E-state index in [4.69, 9.17) is 9.47 Å². The topological polar surface area (TPSA) is 30.5 Å². The van der Waals surface area contributed by atoms with Crippen molar-refractivity contribution in [2.24, 2.45) is 5.92 Å². The van der Waals surface area contributed by atoms with Gasteiger partial charge in [-0.1, -0.05) is 20.8 Å². The average molecular weight is 241 g/mol. The minimum absolute atomic E-state index is 0.230. The summed E-state index contributed by atoms with van der Waals surface area (Å²) in [6.45, 7) is 11.2. The third kappa shape index (κ3) is 4.32. The van der Waals surface area contributed by atoms with Crippen molar-refractivity contribution >= 4 is 0 Å². The molecule has 1 heterocycles. The number of hydrogen-bond acceptors (Lipinski definition) is 3. The Morgan fingerprint density at radius 3 is 2.65 bits per heavy atom. The van der Waals surface area contributed by atoms with E-state index in [1.165, 1.54) is 5.57 Å². The van der Waals surface area contributed by atoms with Gasteiger partial charge >= 0.3 is 0 Å². The Balaban J connectivity index is 2.76. The highest BCUT2D eigenvalue weighted by Crippen LogP contribution is 2.23. The van der Waals surface area contributed by atoms with Gasteiger partial charge in [0, 0.05) is 6.61 Å². The number of ether oxygens (including phenoxy) is 2. The Hall–Kier alpha value is -0.540. The molecule has 0 saturated carbocycles. The van der Waals surface area contributed by atoms with Crippen molar-refractivity contribution in [3.05, 3.63) is 11.8 Å². The second-order valence-electron chi connectivity index (χ2n) is 4.87. The zero-order chi connectivity index (χ0) is 12.7. The maximum atomic E-state index is 5.91. The second kappa shape index (κ2) is 7.72. The summed E-state index contributed by atoms with van der Waals surface area (Å²) in [5, 5.41) is 3.55. The Labute approximate surface area is 106 Å². The summed E-state index contributed by atoms with van der Waals surface area (Å²) in [5.74, 6) is 0.502. The van der Waals surface area contributed by atoms with Crippen molar-refractivity contribution in [1.29, 1.82) is 0 Å². The lowest BCUT2D eigenvalue weighted by molar-refractivity contribution is 0.00974. The molecule has 1 N–H and O–H groups in total. The van der Waals surface area contributed by atoms with Gasteiger partial charge in [-0.15, -0.1) is 0 Å². The van der Waals surface area contributed by atoms with Gasteiger partial charge in [-0.3, -0.25) is 0 Å². The van der Waals surface area contributed by atoms with E-state index < -0.39 is 0 Å². The standard InChI is InChI=1S/C14H27NO2/c1-5-15-13(12-8-7-9-16-10-12)14(11(3)4)17-6-2/h10-11,13-15H,5-9H2,1-4H3. The lowest BCUT2D eigenvalue weighted by Crippen LogP contribution is -2.46. The fourth-order valence-corrected chi connectivity index (χ4v) is 2.36. The molecule has 0 aromatic carbocycles. The van der Waals surface area contributed by atoms with Crippen molar-refractivity contribution in [3.63, 3.8) is 0 Å². The Morgan fingerprint density at radius 2 is 2.18 bits per heavy atom. The van der Waals surface area contributed by atoms with E-state index in [1.54, 1.807) is 0 Å². The van der Waals surface area contributed by atoms with Crippen molar-refractivity contribution in [1.82, 2.24) is 5.32 Å². The molecule has 2 atom stereocenters. The van der Waals surface area contributed by atoms with Gasteiger partial charge in [0.1, 0.15) is 0 Å². The van der Waals surface area contributed by atoms with Crippen LogP contribution in [0.3, 0.4) is 0 Å². The van der Waals surface area contributed by atoms with Crippen LogP contribution in [0.5, 0.6) is 0 Å². The van der Waals surface area contributed by atoms with Gasteiger partial charge in [0.05, 0.1) is 25.0 Å². The molecule has 3 heteroatoms. The molecule has 1 aliphatic heterocycles. The first-order chi connectivity index (χ1) is 8.20. The average Bonchev–Trinajstić information content (AvgIpc) is 2.34. The van der Waals surface area contributed by atoms with E-state index in [-0.39, 0.29) is 6.10 Å². The fraction of sp³-hybridized carbons (Fsp3) is 0.857. The smallest absolute Gasteiger partial charge is 0.0876 e. The fourth-order valence-electron chi connectivity index (χ4n) is 2.36. The van der Waals surface area contributed by atoms with Crippen LogP contribution in [0.1, 0.15) is 40.5 Å². The van der Waals surface area contributed by atoms with E-state index in [0.29, 0.717) is 12.0 Å². The molecule has 100 valence electrons. The van der Waals surface area contributed by atoms with Crippen LogP contribution in [-0.4, -0.2) is 31.9 Å². The van der Waals surface area contributed by atoms with E-state index in [9.17, 15) is 0 Å². The minimum Gasteiger partial charge on any atom is -0.501 e. The molecular formula is C14H27NO2. The van der Waals surface area contributed by atoms with Crippen LogP contribution >= 0.6 is 0 Å². The maximum Gasteiger partial charge on any atom is 0.0876 e. The van der Waals surface area contributed by atoms with Gasteiger partial charge in [0.15, 0.2) is 0 Å². The normalized spacial score (nSPS) is 19.7. The van der Waals surface area contributed by atoms with Crippen LogP contribution in [-0.2, 0) is 9.47 Å². The maximum absolute atomic E-state index is 5.91. The van der Waals surface area contributed by atoms with Crippen LogP contribution in [0.25, 0.3) is 0 Å². The molecule has 0 radical (unpaired) electrons. The molecule has 1 aliphatic rings. The summed E-state index contributed by atoms with van der Waals surface area (Å²) in [4.78, 5) is 0. The first-order valence-corrected chi connectivity index (χ1v) is 6.86. The minimum atomic E-state index is 0.230. The third-order valence-electron chi connectivity index (χ3n) is 3.13. The first-order valence-electron chi connectivity index (χ1n) is 6.86. The summed E-state index contributed by atoms with van der Waals surface area (Å²) in [7, 11) is 0. The monoisotopic (exact) mass is 241 g/mol. The van der Waals surface area contributed by atoms with E-state index >= 15 is 0 Å². The highest BCUT2D eigenvalue weighted by atomic mass is 16.5. The second-order valence-corrected chi connectivity index (χ2v) is 4.87. The van der Waals surface area contributed by atoms with E-state index in [2.05, 4.69) is 33.0 Å². The molecule has 2 unspecified atom stereocenters. The van der Waals surface area contributed by atoms with Crippen LogP contribution in [0.15, 0.2) is 11.8 Å². The number of nitrogens with one attached hydrogen (secondary N) is 1. The van der Waals surface area contributed by atoms with Crippen LogP contribution in [0, 0.1) is 5.92 Å². The highest BCUT2D eigenvalue weighted by molar-refractivity contribution is 5.13. The van der Waals surface area contributed by atoms with Crippen molar-refractivity contribution < 1.29 is 9.47 Å². The summed E-state index contributed by atoms with van der Waals surface area (Å²) >= 11 is 0. The van der Waals surface area contributed by atoms with Gasteiger partial charge < -0.3 is 14.8 Å². The Kier molecular flexibility index (Phi) is 6.60. The van der Waals surface area contributed by atoms with Gasteiger partial charge in [0.25, 0.3) is 0 Å². The molecule has 0 aromatic rings. The molecule has 0 fully saturated rings. The molecule has 0 saturated heterocycles. The van der Waals surface area contributed by atoms with Gasteiger partial charge in [-0.2, -0.15) is 0 Å². The molecule has 17 heavy (non-hydrogen) atoms. The van der Waals surface area contributed by atoms with Gasteiger partial charge in [-0.25, -0.2) is 0 Å². The first kappa shape index (κ1) is 14.5. The van der Waals surface area contributed by atoms with Crippen molar-refractivity contribution in [2.75, 3.05) is 19.8 Å². The van der Waals surface area contributed by atoms with E-state index in [0.717, 1.165) is 32.6 Å². The van der Waals surface area contributed by atoms with Gasteiger partial charge in [0.2, 0.25) is 0 Å². The van der Waals surface area contributed by atoms with Crippen LogP contribution in [0.2, 0.25) is 0 Å². The predicted molar refractivity (Wildman–Crippen MR) is 71.0 cm³/mol. The number of likely N-dealkylation sites (N-methyl/N-ethyl adjacent to an activating group) is 1. The summed E-state index contributed by atoms with van der Waals surface area (Å²) in [5.41, 5.74) is 1.35. The molecule has 0 aromatic heterocycles.